The highest BCUT2D eigenvalue weighted by molar-refractivity contribution is 5.76. The van der Waals surface area contributed by atoms with Crippen LogP contribution in [0.1, 0.15) is 32.6 Å². The Morgan fingerprint density at radius 1 is 1.37 bits per heavy atom. The summed E-state index contributed by atoms with van der Waals surface area (Å²) in [5, 5.41) is 14.1. The van der Waals surface area contributed by atoms with Gasteiger partial charge in [-0.05, 0) is 24.7 Å². The lowest BCUT2D eigenvalue weighted by Gasteiger charge is -2.26. The van der Waals surface area contributed by atoms with Crippen molar-refractivity contribution < 1.29 is 19.4 Å². The summed E-state index contributed by atoms with van der Waals surface area (Å²) in [5.74, 6) is 0.185. The number of hydrogen-bond acceptors (Lipinski definition) is 3. The number of hydrogen-bond donors (Lipinski definition) is 3. The van der Waals surface area contributed by atoms with E-state index in [-0.39, 0.29) is 12.6 Å². The molecular weight excluding hydrogens is 248 g/mol. The lowest BCUT2D eigenvalue weighted by atomic mass is 9.82. The van der Waals surface area contributed by atoms with Gasteiger partial charge >= 0.3 is 12.0 Å². The summed E-state index contributed by atoms with van der Waals surface area (Å²) in [6, 6.07) is -0.332. The first-order chi connectivity index (χ1) is 9.02. The zero-order valence-electron chi connectivity index (χ0n) is 11.6. The Bertz CT molecular complexity index is 309. The Balaban J connectivity index is 2.18. The minimum atomic E-state index is -1.08. The molecule has 3 N–H and O–H groups in total. The van der Waals surface area contributed by atoms with Crippen LogP contribution in [-0.2, 0) is 9.53 Å². The number of urea groups is 1. The van der Waals surface area contributed by atoms with Crippen molar-refractivity contribution >= 4 is 12.0 Å². The van der Waals surface area contributed by atoms with Gasteiger partial charge in [0.05, 0.1) is 6.54 Å². The van der Waals surface area contributed by atoms with Crippen LogP contribution < -0.4 is 10.6 Å². The van der Waals surface area contributed by atoms with Crippen molar-refractivity contribution in [3.8, 4) is 0 Å². The van der Waals surface area contributed by atoms with Crippen molar-refractivity contribution in [3.63, 3.8) is 0 Å². The maximum absolute atomic E-state index is 11.5. The molecule has 0 aromatic heterocycles. The van der Waals surface area contributed by atoms with Gasteiger partial charge in [-0.25, -0.2) is 9.59 Å². The van der Waals surface area contributed by atoms with Crippen LogP contribution in [0.2, 0.25) is 0 Å². The molecule has 0 aromatic carbocycles. The molecule has 0 radical (unpaired) electrons. The number of carbonyl (C=O) groups is 2. The Morgan fingerprint density at radius 3 is 2.68 bits per heavy atom. The maximum Gasteiger partial charge on any atom is 0.334 e. The normalized spacial score (nSPS) is 24.5. The predicted molar refractivity (Wildman–Crippen MR) is 71.0 cm³/mol. The molecule has 0 bridgehead atoms. The molecule has 0 saturated heterocycles. The van der Waals surface area contributed by atoms with E-state index in [9.17, 15) is 9.59 Å². The van der Waals surface area contributed by atoms with Gasteiger partial charge in [-0.15, -0.1) is 0 Å². The van der Waals surface area contributed by atoms with E-state index >= 15 is 0 Å². The van der Waals surface area contributed by atoms with Crippen LogP contribution in [0.4, 0.5) is 4.79 Å². The second-order valence-electron chi connectivity index (χ2n) is 5.29. The fraction of sp³-hybridized carbons (Fsp3) is 0.846. The molecule has 1 fully saturated rings. The molecule has 6 nitrogen and oxygen atoms in total. The first-order valence-electron chi connectivity index (χ1n) is 6.80. The third kappa shape index (κ3) is 5.92. The van der Waals surface area contributed by atoms with Gasteiger partial charge in [0.1, 0.15) is 0 Å². The molecule has 3 unspecified atom stereocenters. The van der Waals surface area contributed by atoms with Crippen LogP contribution >= 0.6 is 0 Å². The van der Waals surface area contributed by atoms with Crippen LogP contribution in [-0.4, -0.2) is 43.4 Å². The number of rotatable bonds is 6. The number of aliphatic carboxylic acids is 1. The standard InChI is InChI=1S/C13H24N2O4/c1-9-4-3-5-10(6-9)7-14-13(18)15-8-11(19-2)12(16)17/h9-11H,3-8H2,1-2H3,(H,16,17)(H2,14,15,18). The Kier molecular flexibility index (Phi) is 6.62. The average molecular weight is 272 g/mol. The zero-order chi connectivity index (χ0) is 14.3. The summed E-state index contributed by atoms with van der Waals surface area (Å²) in [7, 11) is 1.31. The molecule has 1 saturated carbocycles. The summed E-state index contributed by atoms with van der Waals surface area (Å²) < 4.78 is 4.73. The largest absolute Gasteiger partial charge is 0.479 e. The number of carboxylic acid groups (broad SMARTS) is 1. The highest BCUT2D eigenvalue weighted by Gasteiger charge is 2.20. The first kappa shape index (κ1) is 15.8. The van der Waals surface area contributed by atoms with E-state index in [0.29, 0.717) is 12.5 Å². The molecule has 3 atom stereocenters. The van der Waals surface area contributed by atoms with E-state index in [1.807, 2.05) is 0 Å². The number of methoxy groups -OCH3 is 1. The first-order valence-corrected chi connectivity index (χ1v) is 6.80. The van der Waals surface area contributed by atoms with E-state index < -0.39 is 12.1 Å². The fourth-order valence-electron chi connectivity index (χ4n) is 2.50. The van der Waals surface area contributed by atoms with Crippen LogP contribution in [0.5, 0.6) is 0 Å². The minimum absolute atomic E-state index is 0.0290. The smallest absolute Gasteiger partial charge is 0.334 e. The number of carbonyl (C=O) groups excluding carboxylic acids is 1. The minimum Gasteiger partial charge on any atom is -0.479 e. The van der Waals surface area contributed by atoms with Crippen LogP contribution in [0, 0.1) is 11.8 Å². The lowest BCUT2D eigenvalue weighted by Crippen LogP contribution is -2.44. The van der Waals surface area contributed by atoms with Crippen LogP contribution in [0.15, 0.2) is 0 Å². The molecule has 1 rings (SSSR count). The lowest BCUT2D eigenvalue weighted by molar-refractivity contribution is -0.147. The summed E-state index contributed by atoms with van der Waals surface area (Å²) in [5.41, 5.74) is 0. The van der Waals surface area contributed by atoms with Gasteiger partial charge in [-0.2, -0.15) is 0 Å². The molecule has 2 amide bonds. The van der Waals surface area contributed by atoms with Gasteiger partial charge in [-0.1, -0.05) is 19.8 Å². The molecule has 1 aliphatic carbocycles. The summed E-state index contributed by atoms with van der Waals surface area (Å²) in [6.45, 7) is 2.86. The summed E-state index contributed by atoms with van der Waals surface area (Å²) in [4.78, 5) is 22.2. The SMILES string of the molecule is COC(CNC(=O)NCC1CCCC(C)C1)C(=O)O. The van der Waals surface area contributed by atoms with Gasteiger partial charge in [-0.3, -0.25) is 0 Å². The van der Waals surface area contributed by atoms with Gasteiger partial charge in [0.15, 0.2) is 6.10 Å². The Morgan fingerprint density at radius 2 is 2.11 bits per heavy atom. The third-order valence-corrected chi connectivity index (χ3v) is 3.60. The highest BCUT2D eigenvalue weighted by atomic mass is 16.5. The van der Waals surface area contributed by atoms with E-state index in [0.717, 1.165) is 18.8 Å². The molecule has 0 heterocycles. The summed E-state index contributed by atoms with van der Waals surface area (Å²) >= 11 is 0. The molecule has 19 heavy (non-hydrogen) atoms. The topological polar surface area (TPSA) is 87.7 Å². The Hall–Kier alpha value is -1.30. The highest BCUT2D eigenvalue weighted by Crippen LogP contribution is 2.27. The number of nitrogens with one attached hydrogen (secondary N) is 2. The molecule has 0 spiro atoms. The van der Waals surface area contributed by atoms with E-state index in [1.54, 1.807) is 0 Å². The molecular formula is C13H24N2O4. The van der Waals surface area contributed by atoms with Gasteiger partial charge in [0, 0.05) is 13.7 Å². The third-order valence-electron chi connectivity index (χ3n) is 3.60. The van der Waals surface area contributed by atoms with E-state index in [4.69, 9.17) is 9.84 Å². The second kappa shape index (κ2) is 7.99. The quantitative estimate of drug-likeness (QED) is 0.678. The van der Waals surface area contributed by atoms with Crippen molar-refractivity contribution in [3.05, 3.63) is 0 Å². The van der Waals surface area contributed by atoms with Crippen molar-refractivity contribution in [2.45, 2.75) is 38.7 Å². The molecule has 1 aliphatic rings. The summed E-state index contributed by atoms with van der Waals surface area (Å²) in [6.07, 6.45) is 3.80. The molecule has 6 heteroatoms. The van der Waals surface area contributed by atoms with Crippen molar-refractivity contribution in [1.29, 1.82) is 0 Å². The van der Waals surface area contributed by atoms with E-state index in [2.05, 4.69) is 17.6 Å². The average Bonchev–Trinajstić information content (AvgIpc) is 2.37. The Labute approximate surface area is 113 Å². The number of carboxylic acids is 1. The van der Waals surface area contributed by atoms with E-state index in [1.165, 1.54) is 20.0 Å². The fourth-order valence-corrected chi connectivity index (χ4v) is 2.50. The molecule has 0 aromatic rings. The van der Waals surface area contributed by atoms with Crippen molar-refractivity contribution in [2.75, 3.05) is 20.2 Å². The van der Waals surface area contributed by atoms with Gasteiger partial charge < -0.3 is 20.5 Å². The zero-order valence-corrected chi connectivity index (χ0v) is 11.6. The maximum atomic E-state index is 11.5. The van der Waals surface area contributed by atoms with Gasteiger partial charge in [0.25, 0.3) is 0 Å². The second-order valence-corrected chi connectivity index (χ2v) is 5.29. The van der Waals surface area contributed by atoms with Crippen LogP contribution in [0.25, 0.3) is 0 Å². The van der Waals surface area contributed by atoms with Crippen molar-refractivity contribution in [2.24, 2.45) is 11.8 Å². The van der Waals surface area contributed by atoms with Crippen molar-refractivity contribution in [1.82, 2.24) is 10.6 Å². The number of ether oxygens (including phenoxy) is 1. The van der Waals surface area contributed by atoms with Gasteiger partial charge in [0.2, 0.25) is 0 Å². The monoisotopic (exact) mass is 272 g/mol. The number of amides is 2. The molecule has 110 valence electrons. The predicted octanol–water partition coefficient (Wildman–Crippen LogP) is 1.21. The molecule has 0 aliphatic heterocycles. The van der Waals surface area contributed by atoms with Crippen LogP contribution in [0.3, 0.4) is 0 Å².